The highest BCUT2D eigenvalue weighted by atomic mass is 16.7. The van der Waals surface area contributed by atoms with Gasteiger partial charge in [0.2, 0.25) is 0 Å². The number of ketones is 1. The maximum absolute atomic E-state index is 11.7. The molecule has 0 radical (unpaired) electrons. The van der Waals surface area contributed by atoms with Gasteiger partial charge in [-0.1, -0.05) is 0 Å². The Hall–Kier alpha value is -1.33. The zero-order valence-corrected chi connectivity index (χ0v) is 14.6. The minimum absolute atomic E-state index is 0.0245. The Morgan fingerprint density at radius 1 is 1.22 bits per heavy atom. The maximum atomic E-state index is 11.7. The molecule has 0 N–H and O–H groups in total. The van der Waals surface area contributed by atoms with Crippen LogP contribution >= 0.6 is 0 Å². The summed E-state index contributed by atoms with van der Waals surface area (Å²) in [5.74, 6) is 1.44. The fourth-order valence-corrected chi connectivity index (χ4v) is 2.55. The number of ether oxygens (including phenoxy) is 1. The van der Waals surface area contributed by atoms with Crippen molar-refractivity contribution in [1.29, 1.82) is 0 Å². The molecule has 4 nitrogen and oxygen atoms in total. The van der Waals surface area contributed by atoms with Crippen molar-refractivity contribution in [3.63, 3.8) is 0 Å². The molecule has 1 aliphatic heterocycles. The number of carbonyl (C=O) groups excluding carboxylic acids is 1. The molecule has 1 saturated carbocycles. The molecule has 3 rings (SSSR count). The van der Waals surface area contributed by atoms with Gasteiger partial charge < -0.3 is 14.0 Å². The van der Waals surface area contributed by atoms with Crippen LogP contribution in [0.1, 0.15) is 57.8 Å². The summed E-state index contributed by atoms with van der Waals surface area (Å²) in [4.78, 5) is 11.7. The van der Waals surface area contributed by atoms with Crippen molar-refractivity contribution in [2.75, 3.05) is 6.61 Å². The van der Waals surface area contributed by atoms with Crippen LogP contribution in [0.3, 0.4) is 0 Å². The highest BCUT2D eigenvalue weighted by molar-refractivity contribution is 6.63. The summed E-state index contributed by atoms with van der Waals surface area (Å²) in [5, 5.41) is 0. The zero-order valence-electron chi connectivity index (χ0n) is 14.6. The van der Waals surface area contributed by atoms with Crippen LogP contribution in [0.4, 0.5) is 0 Å². The van der Waals surface area contributed by atoms with Crippen LogP contribution in [-0.2, 0) is 9.31 Å². The average molecular weight is 316 g/mol. The molecular weight excluding hydrogens is 291 g/mol. The number of benzene rings is 1. The van der Waals surface area contributed by atoms with Crippen molar-refractivity contribution in [2.24, 2.45) is 5.92 Å². The average Bonchev–Trinajstić information content (AvgIpc) is 3.24. The highest BCUT2D eigenvalue weighted by Gasteiger charge is 2.52. The molecule has 0 spiro atoms. The third-order valence-corrected chi connectivity index (χ3v) is 5.09. The number of hydrogen-bond donors (Lipinski definition) is 0. The molecule has 1 aromatic rings. The van der Waals surface area contributed by atoms with Crippen molar-refractivity contribution in [3.8, 4) is 5.75 Å². The number of rotatable bonds is 5. The van der Waals surface area contributed by atoms with E-state index in [1.807, 2.05) is 39.8 Å². The molecule has 5 heteroatoms. The number of Topliss-reactive ketones (excluding diaryl/α,β-unsaturated/α-hetero) is 1. The fraction of sp³-hybridized carbons (Fsp3) is 0.611. The summed E-state index contributed by atoms with van der Waals surface area (Å²) in [5.41, 5.74) is 0.612. The summed E-state index contributed by atoms with van der Waals surface area (Å²) in [6.45, 7) is 10.4. The fourth-order valence-electron chi connectivity index (χ4n) is 2.55. The zero-order chi connectivity index (χ0) is 16.8. The van der Waals surface area contributed by atoms with Crippen molar-refractivity contribution in [1.82, 2.24) is 0 Å². The summed E-state index contributed by atoms with van der Waals surface area (Å²) in [6.07, 6.45) is 2.47. The Bertz CT molecular complexity index is 603. The van der Waals surface area contributed by atoms with Gasteiger partial charge in [0.15, 0.2) is 5.78 Å². The van der Waals surface area contributed by atoms with Crippen LogP contribution in [0, 0.1) is 5.92 Å². The van der Waals surface area contributed by atoms with E-state index in [1.165, 1.54) is 12.8 Å². The minimum Gasteiger partial charge on any atom is -0.494 e. The molecule has 23 heavy (non-hydrogen) atoms. The molecule has 0 amide bonds. The van der Waals surface area contributed by atoms with Gasteiger partial charge in [-0.2, -0.15) is 0 Å². The third-order valence-electron chi connectivity index (χ3n) is 5.09. The van der Waals surface area contributed by atoms with Crippen molar-refractivity contribution >= 4 is 18.4 Å². The van der Waals surface area contributed by atoms with Gasteiger partial charge in [-0.3, -0.25) is 4.79 Å². The molecule has 1 aliphatic carbocycles. The number of hydrogen-bond acceptors (Lipinski definition) is 4. The van der Waals surface area contributed by atoms with Crippen LogP contribution in [-0.4, -0.2) is 30.7 Å². The molecule has 1 heterocycles. The Labute approximate surface area is 138 Å². The largest absolute Gasteiger partial charge is 0.498 e. The Morgan fingerprint density at radius 2 is 1.83 bits per heavy atom. The lowest BCUT2D eigenvalue weighted by Crippen LogP contribution is -2.41. The molecule has 2 aliphatic rings. The minimum atomic E-state index is -0.520. The molecule has 0 bridgehead atoms. The lowest BCUT2D eigenvalue weighted by molar-refractivity contribution is 0.00578. The second-order valence-electron chi connectivity index (χ2n) is 7.65. The SMILES string of the molecule is CC(=O)c1ccc(OCC2CC2)c(B2OC(C)(C)C(C)(C)O2)c1. The first-order valence-corrected chi connectivity index (χ1v) is 8.33. The second kappa shape index (κ2) is 5.64. The van der Waals surface area contributed by atoms with E-state index < -0.39 is 18.3 Å². The summed E-state index contributed by atoms with van der Waals surface area (Å²) < 4.78 is 18.2. The lowest BCUT2D eigenvalue weighted by atomic mass is 9.77. The maximum Gasteiger partial charge on any atom is 0.498 e. The molecule has 0 aromatic heterocycles. The van der Waals surface area contributed by atoms with Gasteiger partial charge in [0.05, 0.1) is 17.8 Å². The van der Waals surface area contributed by atoms with E-state index in [2.05, 4.69) is 0 Å². The highest BCUT2D eigenvalue weighted by Crippen LogP contribution is 2.37. The molecule has 0 atom stereocenters. The number of carbonyl (C=O) groups is 1. The van der Waals surface area contributed by atoms with Crippen molar-refractivity contribution in [3.05, 3.63) is 23.8 Å². The van der Waals surface area contributed by atoms with E-state index in [4.69, 9.17) is 14.0 Å². The smallest absolute Gasteiger partial charge is 0.494 e. The van der Waals surface area contributed by atoms with Crippen molar-refractivity contribution in [2.45, 2.75) is 58.7 Å². The standard InChI is InChI=1S/C18H25BO4/c1-12(20)14-8-9-16(21-11-13-6-7-13)15(10-14)19-22-17(2,3)18(4,5)23-19/h8-10,13H,6-7,11H2,1-5H3. The Balaban J connectivity index is 1.91. The normalized spacial score (nSPS) is 22.2. The molecule has 2 fully saturated rings. The first-order valence-electron chi connectivity index (χ1n) is 8.33. The third kappa shape index (κ3) is 3.31. The van der Waals surface area contributed by atoms with Crippen molar-refractivity contribution < 1.29 is 18.8 Å². The van der Waals surface area contributed by atoms with Gasteiger partial charge in [-0.05, 0) is 71.6 Å². The quantitative estimate of drug-likeness (QED) is 0.619. The second-order valence-corrected chi connectivity index (χ2v) is 7.65. The van der Waals surface area contributed by atoms with Crippen LogP contribution < -0.4 is 10.2 Å². The van der Waals surface area contributed by atoms with E-state index in [-0.39, 0.29) is 5.78 Å². The molecule has 1 aromatic carbocycles. The predicted octanol–water partition coefficient (Wildman–Crippen LogP) is 2.98. The van der Waals surface area contributed by atoms with E-state index in [1.54, 1.807) is 13.0 Å². The topological polar surface area (TPSA) is 44.8 Å². The first-order chi connectivity index (χ1) is 10.7. The first kappa shape index (κ1) is 16.5. The monoisotopic (exact) mass is 316 g/mol. The summed E-state index contributed by atoms with van der Waals surface area (Å²) in [7, 11) is -0.520. The van der Waals surface area contributed by atoms with Gasteiger partial charge in [-0.15, -0.1) is 0 Å². The molecule has 0 unspecified atom stereocenters. The van der Waals surface area contributed by atoms with Crippen LogP contribution in [0.25, 0.3) is 0 Å². The van der Waals surface area contributed by atoms with E-state index in [9.17, 15) is 4.79 Å². The predicted molar refractivity (Wildman–Crippen MR) is 90.4 cm³/mol. The van der Waals surface area contributed by atoms with Gasteiger partial charge in [0.1, 0.15) is 5.75 Å². The van der Waals surface area contributed by atoms with E-state index in [0.717, 1.165) is 11.2 Å². The molecule has 124 valence electrons. The summed E-state index contributed by atoms with van der Waals surface area (Å²) in [6, 6.07) is 5.51. The molecule has 1 saturated heterocycles. The van der Waals surface area contributed by atoms with Gasteiger partial charge in [-0.25, -0.2) is 0 Å². The Morgan fingerprint density at radius 3 is 2.35 bits per heavy atom. The van der Waals surface area contributed by atoms with E-state index >= 15 is 0 Å². The van der Waals surface area contributed by atoms with Crippen LogP contribution in [0.5, 0.6) is 5.75 Å². The van der Waals surface area contributed by atoms with Crippen LogP contribution in [0.15, 0.2) is 18.2 Å². The van der Waals surface area contributed by atoms with Gasteiger partial charge in [0, 0.05) is 11.0 Å². The Kier molecular flexibility index (Phi) is 4.05. The van der Waals surface area contributed by atoms with Crippen LogP contribution in [0.2, 0.25) is 0 Å². The molecular formula is C18H25BO4. The van der Waals surface area contributed by atoms with Gasteiger partial charge in [0.25, 0.3) is 0 Å². The summed E-state index contributed by atoms with van der Waals surface area (Å²) >= 11 is 0. The lowest BCUT2D eigenvalue weighted by Gasteiger charge is -2.32. The van der Waals surface area contributed by atoms with Gasteiger partial charge >= 0.3 is 7.12 Å². The van der Waals surface area contributed by atoms with E-state index in [0.29, 0.717) is 18.1 Å².